The summed E-state index contributed by atoms with van der Waals surface area (Å²) in [6.07, 6.45) is 1.11. The minimum Gasteiger partial charge on any atom is -0.465 e. The zero-order valence-corrected chi connectivity index (χ0v) is 16.9. The van der Waals surface area contributed by atoms with E-state index in [-0.39, 0.29) is 17.9 Å². The fourth-order valence-corrected chi connectivity index (χ4v) is 3.18. The van der Waals surface area contributed by atoms with E-state index in [1.807, 2.05) is 24.3 Å². The number of aromatic nitrogens is 2. The second-order valence-electron chi connectivity index (χ2n) is 6.90. The van der Waals surface area contributed by atoms with E-state index >= 15 is 0 Å². The van der Waals surface area contributed by atoms with E-state index in [2.05, 4.69) is 25.9 Å². The lowest BCUT2D eigenvalue weighted by Gasteiger charge is -2.24. The van der Waals surface area contributed by atoms with Gasteiger partial charge in [0.1, 0.15) is 0 Å². The van der Waals surface area contributed by atoms with Gasteiger partial charge in [-0.15, -0.1) is 0 Å². The first kappa shape index (κ1) is 20.7. The van der Waals surface area contributed by atoms with Crippen molar-refractivity contribution in [2.45, 2.75) is 6.10 Å². The number of ether oxygens (including phenoxy) is 2. The highest BCUT2D eigenvalue weighted by Crippen LogP contribution is 2.24. The fraction of sp³-hybridized carbons (Fsp3) is 0.227. The van der Waals surface area contributed by atoms with E-state index in [1.54, 1.807) is 24.3 Å². The number of benzene rings is 2. The number of esters is 1. The minimum absolute atomic E-state index is 0.0159. The molecule has 3 N–H and O–H groups in total. The number of halogens is 1. The third-order valence-electron chi connectivity index (χ3n) is 4.76. The average Bonchev–Trinajstić information content (AvgIpc) is 2.82. The predicted octanol–water partition coefficient (Wildman–Crippen LogP) is 3.55. The summed E-state index contributed by atoms with van der Waals surface area (Å²) in [4.78, 5) is 19.9. The number of morpholine rings is 1. The van der Waals surface area contributed by atoms with E-state index in [9.17, 15) is 9.18 Å². The van der Waals surface area contributed by atoms with Gasteiger partial charge in [-0.05, 0) is 35.9 Å². The molecule has 1 aliphatic heterocycles. The number of nitrogens with one attached hydrogen (secondary N) is 3. The second-order valence-corrected chi connectivity index (χ2v) is 6.90. The van der Waals surface area contributed by atoms with Crippen molar-refractivity contribution in [1.82, 2.24) is 15.3 Å². The first-order valence-electron chi connectivity index (χ1n) is 9.79. The Bertz CT molecular complexity index is 1060. The number of nitrogens with zero attached hydrogens (tertiary/aromatic N) is 2. The summed E-state index contributed by atoms with van der Waals surface area (Å²) in [5.41, 5.74) is 2.68. The molecule has 0 amide bonds. The maximum atomic E-state index is 14.3. The third-order valence-corrected chi connectivity index (χ3v) is 4.76. The number of carbonyl (C=O) groups excluding carboxylic acids is 1. The highest BCUT2D eigenvalue weighted by atomic mass is 19.1. The van der Waals surface area contributed by atoms with Crippen LogP contribution in [0.3, 0.4) is 0 Å². The minimum atomic E-state index is -0.619. The fourth-order valence-electron chi connectivity index (χ4n) is 3.18. The van der Waals surface area contributed by atoms with Gasteiger partial charge in [0.25, 0.3) is 0 Å². The van der Waals surface area contributed by atoms with Crippen LogP contribution >= 0.6 is 0 Å². The Morgan fingerprint density at radius 1 is 1.19 bits per heavy atom. The lowest BCUT2D eigenvalue weighted by molar-refractivity contribution is 0.0277. The normalized spacial score (nSPS) is 15.9. The summed E-state index contributed by atoms with van der Waals surface area (Å²) in [5, 5.41) is 9.24. The zero-order valence-electron chi connectivity index (χ0n) is 16.9. The summed E-state index contributed by atoms with van der Waals surface area (Å²) in [6, 6.07) is 14.3. The Hall–Kier alpha value is -3.56. The van der Waals surface area contributed by atoms with E-state index in [0.717, 1.165) is 30.5 Å². The van der Waals surface area contributed by atoms with Crippen molar-refractivity contribution in [3.05, 3.63) is 71.7 Å². The molecule has 4 rings (SSSR count). The monoisotopic (exact) mass is 423 g/mol. The Balaban J connectivity index is 1.47. The van der Waals surface area contributed by atoms with Crippen LogP contribution in [-0.2, 0) is 9.47 Å². The summed E-state index contributed by atoms with van der Waals surface area (Å²) in [7, 11) is 1.30. The molecule has 0 saturated carbocycles. The van der Waals surface area contributed by atoms with Crippen LogP contribution in [0.5, 0.6) is 0 Å². The van der Waals surface area contributed by atoms with Crippen LogP contribution in [0.25, 0.3) is 0 Å². The summed E-state index contributed by atoms with van der Waals surface area (Å²) < 4.78 is 24.7. The second kappa shape index (κ2) is 9.50. The summed E-state index contributed by atoms with van der Waals surface area (Å²) in [5.74, 6) is -0.882. The van der Waals surface area contributed by atoms with Gasteiger partial charge in [-0.25, -0.2) is 14.2 Å². The topological polar surface area (TPSA) is 97.4 Å². The Labute approximate surface area is 178 Å². The molecule has 2 aromatic carbocycles. The average molecular weight is 423 g/mol. The van der Waals surface area contributed by atoms with Crippen LogP contribution in [0.4, 0.5) is 27.5 Å². The SMILES string of the molecule is COC(=O)c1cccc(Nc2nc(Nc3ccc(C4CNCCO4)cc3)ncc2F)c1. The Kier molecular flexibility index (Phi) is 6.34. The molecule has 8 nitrogen and oxygen atoms in total. The van der Waals surface area contributed by atoms with E-state index in [1.165, 1.54) is 7.11 Å². The van der Waals surface area contributed by atoms with Gasteiger partial charge < -0.3 is 25.4 Å². The van der Waals surface area contributed by atoms with Crippen molar-refractivity contribution >= 4 is 29.1 Å². The van der Waals surface area contributed by atoms with E-state index in [0.29, 0.717) is 17.9 Å². The lowest BCUT2D eigenvalue weighted by Crippen LogP contribution is -2.33. The standard InChI is InChI=1S/C22H22FN5O3/c1-30-21(29)15-3-2-4-17(11-15)26-20-18(23)12-25-22(28-20)27-16-7-5-14(6-8-16)19-13-24-9-10-31-19/h2-8,11-12,19,24H,9-10,13H2,1H3,(H2,25,26,27,28). The number of methoxy groups -OCH3 is 1. The first-order valence-corrected chi connectivity index (χ1v) is 9.79. The predicted molar refractivity (Wildman–Crippen MR) is 114 cm³/mol. The van der Waals surface area contributed by atoms with Crippen molar-refractivity contribution in [2.75, 3.05) is 37.4 Å². The molecule has 2 heterocycles. The van der Waals surface area contributed by atoms with E-state index in [4.69, 9.17) is 9.47 Å². The van der Waals surface area contributed by atoms with Crippen LogP contribution in [0.2, 0.25) is 0 Å². The molecule has 0 radical (unpaired) electrons. The highest BCUT2D eigenvalue weighted by molar-refractivity contribution is 5.90. The van der Waals surface area contributed by atoms with Gasteiger partial charge in [0, 0.05) is 24.5 Å². The molecule has 1 unspecified atom stereocenters. The highest BCUT2D eigenvalue weighted by Gasteiger charge is 2.15. The van der Waals surface area contributed by atoms with E-state index < -0.39 is 11.8 Å². The third kappa shape index (κ3) is 5.14. The molecule has 0 bridgehead atoms. The molecule has 1 saturated heterocycles. The van der Waals surface area contributed by atoms with Crippen molar-refractivity contribution < 1.29 is 18.7 Å². The van der Waals surface area contributed by atoms with Crippen LogP contribution < -0.4 is 16.0 Å². The van der Waals surface area contributed by atoms with Gasteiger partial charge in [-0.1, -0.05) is 18.2 Å². The van der Waals surface area contributed by atoms with Gasteiger partial charge in [-0.3, -0.25) is 0 Å². The van der Waals surface area contributed by atoms with Crippen LogP contribution in [0.15, 0.2) is 54.7 Å². The smallest absolute Gasteiger partial charge is 0.337 e. The molecule has 0 spiro atoms. The van der Waals surface area contributed by atoms with Gasteiger partial charge in [-0.2, -0.15) is 4.98 Å². The molecule has 9 heteroatoms. The molecule has 31 heavy (non-hydrogen) atoms. The van der Waals surface area contributed by atoms with Crippen molar-refractivity contribution in [3.63, 3.8) is 0 Å². The molecular weight excluding hydrogens is 401 g/mol. The van der Waals surface area contributed by atoms with Crippen molar-refractivity contribution in [1.29, 1.82) is 0 Å². The molecule has 3 aromatic rings. The van der Waals surface area contributed by atoms with Gasteiger partial charge in [0.05, 0.1) is 31.6 Å². The molecule has 0 aliphatic carbocycles. The number of anilines is 4. The molecule has 1 fully saturated rings. The molecule has 1 aromatic heterocycles. The quantitative estimate of drug-likeness (QED) is 0.518. The number of rotatable bonds is 6. The lowest BCUT2D eigenvalue weighted by atomic mass is 10.1. The number of hydrogen-bond donors (Lipinski definition) is 3. The van der Waals surface area contributed by atoms with Gasteiger partial charge >= 0.3 is 5.97 Å². The maximum absolute atomic E-state index is 14.3. The van der Waals surface area contributed by atoms with Crippen LogP contribution in [0, 0.1) is 5.82 Å². The van der Waals surface area contributed by atoms with Crippen molar-refractivity contribution in [2.24, 2.45) is 0 Å². The van der Waals surface area contributed by atoms with Crippen molar-refractivity contribution in [3.8, 4) is 0 Å². The molecule has 1 aliphatic rings. The molecular formula is C22H22FN5O3. The Morgan fingerprint density at radius 3 is 2.77 bits per heavy atom. The largest absolute Gasteiger partial charge is 0.465 e. The summed E-state index contributed by atoms with van der Waals surface area (Å²) >= 11 is 0. The molecule has 1 atom stereocenters. The maximum Gasteiger partial charge on any atom is 0.337 e. The number of carbonyl (C=O) groups is 1. The van der Waals surface area contributed by atoms with Crippen LogP contribution in [-0.4, -0.2) is 42.7 Å². The summed E-state index contributed by atoms with van der Waals surface area (Å²) in [6.45, 7) is 2.33. The first-order chi connectivity index (χ1) is 15.1. The number of hydrogen-bond acceptors (Lipinski definition) is 8. The van der Waals surface area contributed by atoms with Gasteiger partial charge in [0.2, 0.25) is 5.95 Å². The van der Waals surface area contributed by atoms with Gasteiger partial charge in [0.15, 0.2) is 11.6 Å². The van der Waals surface area contributed by atoms with Crippen LogP contribution in [0.1, 0.15) is 22.0 Å². The zero-order chi connectivity index (χ0) is 21.6. The molecule has 160 valence electrons. The Morgan fingerprint density at radius 2 is 2.03 bits per heavy atom.